The van der Waals surface area contributed by atoms with Gasteiger partial charge in [0.15, 0.2) is 0 Å². The third-order valence-corrected chi connectivity index (χ3v) is 24.2. The van der Waals surface area contributed by atoms with Gasteiger partial charge in [-0.2, -0.15) is 0 Å². The maximum absolute atomic E-state index is 5.60. The van der Waals surface area contributed by atoms with Crippen molar-refractivity contribution in [3.63, 3.8) is 0 Å². The van der Waals surface area contributed by atoms with Crippen LogP contribution in [0.15, 0.2) is 327 Å². The van der Waals surface area contributed by atoms with Gasteiger partial charge in [0.25, 0.3) is 0 Å². The Balaban J connectivity index is 0.607. The second kappa shape index (κ2) is 28.7. The van der Waals surface area contributed by atoms with E-state index in [1.54, 1.807) is 0 Å². The molecular weight excluding hydrogens is 1370 g/mol. The quantitative estimate of drug-likeness (QED) is 0.0839. The van der Waals surface area contributed by atoms with E-state index in [4.69, 9.17) is 24.9 Å². The van der Waals surface area contributed by atoms with Crippen molar-refractivity contribution < 1.29 is 0 Å². The number of fused-ring (bicyclic) bond motifs is 11. The Labute approximate surface area is 638 Å². The molecule has 0 unspecified atom stereocenters. The zero-order valence-electron chi connectivity index (χ0n) is 59.5. The van der Waals surface area contributed by atoms with Crippen LogP contribution >= 0.6 is 34.0 Å². The molecular formula is C98H69N7S3. The van der Waals surface area contributed by atoms with Gasteiger partial charge >= 0.3 is 0 Å². The normalized spacial score (nSPS) is 12.9. The van der Waals surface area contributed by atoms with Crippen molar-refractivity contribution in [2.24, 2.45) is 0 Å². The maximum atomic E-state index is 5.60. The summed E-state index contributed by atoms with van der Waals surface area (Å²) >= 11 is 5.52. The Bertz CT molecular complexity index is 6640. The molecule has 108 heavy (non-hydrogen) atoms. The van der Waals surface area contributed by atoms with Crippen LogP contribution in [0, 0.1) is 0 Å². The Morgan fingerprint density at radius 3 is 1.73 bits per heavy atom. The van der Waals surface area contributed by atoms with Crippen molar-refractivity contribution in [1.82, 2.24) is 34.9 Å². The zero-order chi connectivity index (χ0) is 72.0. The second-order valence-electron chi connectivity index (χ2n) is 27.5. The van der Waals surface area contributed by atoms with Gasteiger partial charge in [-0.1, -0.05) is 238 Å². The first-order valence-electron chi connectivity index (χ1n) is 36.9. The largest absolute Gasteiger partial charge is 0.255 e. The molecule has 9 heterocycles. The van der Waals surface area contributed by atoms with E-state index in [1.165, 1.54) is 93.9 Å². The van der Waals surface area contributed by atoms with E-state index in [-0.39, 0.29) is 0 Å². The molecule has 9 aromatic heterocycles. The van der Waals surface area contributed by atoms with Crippen molar-refractivity contribution in [2.45, 2.75) is 46.0 Å². The van der Waals surface area contributed by atoms with Gasteiger partial charge < -0.3 is 0 Å². The number of rotatable bonds is 17. The minimum absolute atomic E-state index is 0.628. The molecule has 0 radical (unpaired) electrons. The van der Waals surface area contributed by atoms with Crippen LogP contribution in [0.2, 0.25) is 0 Å². The first-order valence-corrected chi connectivity index (χ1v) is 39.4. The number of hydrogen-bond donors (Lipinski definition) is 0. The highest BCUT2D eigenvalue weighted by Crippen LogP contribution is 2.47. The molecule has 0 N–H and O–H groups in total. The predicted molar refractivity (Wildman–Crippen MR) is 458 cm³/mol. The molecule has 0 fully saturated rings. The van der Waals surface area contributed by atoms with Crippen LogP contribution in [0.25, 0.3) is 184 Å². The van der Waals surface area contributed by atoms with E-state index < -0.39 is 0 Å². The fraction of sp³-hybridized carbons (Fsp3) is 0.0714. The summed E-state index contributed by atoms with van der Waals surface area (Å²) in [5, 5.41) is 8.69. The number of nitrogens with zero attached hydrogens (tertiary/aromatic N) is 7. The number of allylic oxidation sites excluding steroid dienone is 9. The van der Waals surface area contributed by atoms with E-state index in [0.717, 1.165) is 138 Å². The molecule has 0 bridgehead atoms. The van der Waals surface area contributed by atoms with Crippen LogP contribution in [-0.4, -0.2) is 34.9 Å². The third-order valence-electron chi connectivity index (χ3n) is 20.7. The maximum Gasteiger partial charge on any atom is 0.133 e. The van der Waals surface area contributed by atoms with Gasteiger partial charge in [0.05, 0.1) is 66.2 Å². The summed E-state index contributed by atoms with van der Waals surface area (Å²) in [5.41, 5.74) is 25.3. The van der Waals surface area contributed by atoms with E-state index in [9.17, 15) is 0 Å². The first-order chi connectivity index (χ1) is 53.4. The second-order valence-corrected chi connectivity index (χ2v) is 30.7. The Morgan fingerprint density at radius 2 is 0.981 bits per heavy atom. The minimum Gasteiger partial charge on any atom is -0.255 e. The highest BCUT2D eigenvalue weighted by Gasteiger charge is 2.22. The fourth-order valence-electron chi connectivity index (χ4n) is 15.3. The summed E-state index contributed by atoms with van der Waals surface area (Å²) in [6, 6.07) is 96.0. The molecule has 9 aromatic carbocycles. The van der Waals surface area contributed by atoms with E-state index >= 15 is 0 Å². The summed E-state index contributed by atoms with van der Waals surface area (Å²) < 4.78 is 7.48. The molecule has 0 amide bonds. The topological polar surface area (TPSA) is 90.2 Å². The lowest BCUT2D eigenvalue weighted by Crippen LogP contribution is -2.03. The van der Waals surface area contributed by atoms with Gasteiger partial charge in [-0.3, -0.25) is 9.97 Å². The molecule has 0 aliphatic heterocycles. The third kappa shape index (κ3) is 12.7. The molecule has 0 saturated heterocycles. The molecule has 514 valence electrons. The average Bonchev–Trinajstić information content (AvgIpc) is 1.57. The van der Waals surface area contributed by atoms with Crippen molar-refractivity contribution in [3.8, 4) is 101 Å². The first kappa shape index (κ1) is 66.1. The summed E-state index contributed by atoms with van der Waals surface area (Å²) in [4.78, 5) is 35.9. The molecule has 1 aliphatic rings. The number of aromatic nitrogens is 7. The molecule has 0 spiro atoms. The number of thiophene rings is 3. The molecule has 18 aromatic rings. The van der Waals surface area contributed by atoms with Crippen LogP contribution in [0.5, 0.6) is 0 Å². The molecule has 0 saturated carbocycles. The van der Waals surface area contributed by atoms with Gasteiger partial charge in [0.1, 0.15) is 5.82 Å². The minimum atomic E-state index is 0.628. The van der Waals surface area contributed by atoms with Crippen molar-refractivity contribution >= 4 is 117 Å². The average molecular weight is 1440 g/mol. The number of pyridine rings is 5. The van der Waals surface area contributed by atoms with Gasteiger partial charge in [-0.05, 0) is 172 Å². The predicted octanol–water partition coefficient (Wildman–Crippen LogP) is 27.4. The van der Waals surface area contributed by atoms with Crippen LogP contribution < -0.4 is 0 Å². The van der Waals surface area contributed by atoms with E-state index in [2.05, 4.69) is 284 Å². The molecule has 0 atom stereocenters. The Hall–Kier alpha value is -12.6. The van der Waals surface area contributed by atoms with Crippen LogP contribution in [0.4, 0.5) is 0 Å². The van der Waals surface area contributed by atoms with E-state index in [0.29, 0.717) is 6.42 Å². The van der Waals surface area contributed by atoms with Gasteiger partial charge in [-0.15, -0.1) is 34.0 Å². The standard InChI is InChI=1S/C98H69N7S3/c1-3-5-6-10-34-92-103-84(64-41-35-61(36-42-64)68(21-4-2)54-74-59-81-76-26-11-13-32-89(76)106-97(81)94(101-74)66-22-8-7-9-23-66)60-85(104-92)65-43-39-63(40-44-65)75-28-20-29-78-77-49-47-72(58-91(77)108-96(75)78)62-37-45-67(46-38-62)95-98-93(80-27-12-14-33-90(80)107-98)79-50-48-71(55-86(79)105-95)69-24-19-25-70(53-69)73-56-87(82-30-15-17-51-99-82)102-88(57-73)83-31-16-18-52-100-83/h3,5-20,22-33,35,37-41,43-60H,4,21,34,36,42H2,1-2H3/b5-3-,10-6-,68-54+. The van der Waals surface area contributed by atoms with Gasteiger partial charge in [-0.25, -0.2) is 24.9 Å². The molecule has 1 aliphatic carbocycles. The number of hydrogen-bond acceptors (Lipinski definition) is 10. The summed E-state index contributed by atoms with van der Waals surface area (Å²) in [6.45, 7) is 4.31. The lowest BCUT2D eigenvalue weighted by molar-refractivity contribution is 0.876. The lowest BCUT2D eigenvalue weighted by atomic mass is 9.89. The zero-order valence-corrected chi connectivity index (χ0v) is 61.9. The molecule has 19 rings (SSSR count). The monoisotopic (exact) mass is 1440 g/mol. The van der Waals surface area contributed by atoms with Gasteiger partial charge in [0.2, 0.25) is 0 Å². The fourth-order valence-corrected chi connectivity index (χ4v) is 19.0. The highest BCUT2D eigenvalue weighted by atomic mass is 32.1. The SMILES string of the molecule is C/C=C\C=C/Cc1nc(C2=CC=C(/C(=C/c3cc4c(sc5ccccc54)c(-c4ccccc4)n3)CCC)CC2)cc(-c2ccc(-c3cccc4c3sc3cc(-c5ccc(-c6nc7cc(-c8cccc(-c9cc(-c%10ccccn%10)nc(-c%10ccccn%10)c9)c8)ccc7c7c6sc6ccccc67)cc5)ccc34)cc2)n1. The highest BCUT2D eigenvalue weighted by molar-refractivity contribution is 7.27. The van der Waals surface area contributed by atoms with Gasteiger partial charge in [0, 0.05) is 92.0 Å². The molecule has 7 nitrogen and oxygen atoms in total. The van der Waals surface area contributed by atoms with Crippen LogP contribution in [0.3, 0.4) is 0 Å². The van der Waals surface area contributed by atoms with E-state index in [1.807, 2.05) is 95.8 Å². The lowest BCUT2D eigenvalue weighted by Gasteiger charge is -2.18. The Kier molecular flexibility index (Phi) is 17.6. The van der Waals surface area contributed by atoms with Crippen molar-refractivity contribution in [2.75, 3.05) is 0 Å². The molecule has 10 heteroatoms. The van der Waals surface area contributed by atoms with Crippen molar-refractivity contribution in [1.29, 1.82) is 0 Å². The van der Waals surface area contributed by atoms with Crippen LogP contribution in [0.1, 0.15) is 56.7 Å². The number of benzene rings is 9. The Morgan fingerprint density at radius 1 is 0.380 bits per heavy atom. The van der Waals surface area contributed by atoms with Crippen LogP contribution in [-0.2, 0) is 6.42 Å². The van der Waals surface area contributed by atoms with Crippen molar-refractivity contribution in [3.05, 3.63) is 344 Å². The summed E-state index contributed by atoms with van der Waals surface area (Å²) in [6.07, 6.45) is 23.4. The summed E-state index contributed by atoms with van der Waals surface area (Å²) in [5.74, 6) is 0.802. The smallest absolute Gasteiger partial charge is 0.133 e. The summed E-state index contributed by atoms with van der Waals surface area (Å²) in [7, 11) is 0.